The zero-order valence-electron chi connectivity index (χ0n) is 6.10. The van der Waals surface area contributed by atoms with Gasteiger partial charge in [0.05, 0.1) is 12.4 Å². The highest BCUT2D eigenvalue weighted by atomic mass is 16.3. The first-order chi connectivity index (χ1) is 5.79. The monoisotopic (exact) mass is 162 g/mol. The Kier molecular flexibility index (Phi) is 1.33. The van der Waals surface area contributed by atoms with Crippen molar-refractivity contribution in [2.45, 2.75) is 0 Å². The Bertz CT molecular complexity index is 428. The van der Waals surface area contributed by atoms with Crippen LogP contribution < -0.4 is 0 Å². The molecule has 0 fully saturated rings. The predicted octanol–water partition coefficient (Wildman–Crippen LogP) is 1.04. The van der Waals surface area contributed by atoms with Crippen molar-refractivity contribution in [1.82, 2.24) is 10.2 Å². The molecule has 2 aromatic rings. The molecule has 0 radical (unpaired) electrons. The Hall–Kier alpha value is -1.84. The molecular formula is C8H6N2O2. The molecule has 12 heavy (non-hydrogen) atoms. The third-order valence-electron chi connectivity index (χ3n) is 1.68. The number of nitrogens with zero attached hydrogens (tertiary/aromatic N) is 2. The zero-order chi connectivity index (χ0) is 8.55. The van der Waals surface area contributed by atoms with E-state index in [-0.39, 0.29) is 11.5 Å². The van der Waals surface area contributed by atoms with Crippen molar-refractivity contribution in [3.8, 4) is 11.5 Å². The van der Waals surface area contributed by atoms with E-state index in [0.717, 1.165) is 5.39 Å². The minimum atomic E-state index is -0.151. The summed E-state index contributed by atoms with van der Waals surface area (Å²) in [5.41, 5.74) is 0. The number of aromatic hydroxyl groups is 2. The van der Waals surface area contributed by atoms with Crippen molar-refractivity contribution < 1.29 is 10.2 Å². The fourth-order valence-electron chi connectivity index (χ4n) is 1.05. The van der Waals surface area contributed by atoms with E-state index in [4.69, 9.17) is 5.11 Å². The maximum absolute atomic E-state index is 9.34. The summed E-state index contributed by atoms with van der Waals surface area (Å²) in [7, 11) is 0. The smallest absolute Gasteiger partial charge is 0.167 e. The molecule has 60 valence electrons. The second-order valence-electron chi connectivity index (χ2n) is 2.43. The van der Waals surface area contributed by atoms with E-state index in [1.165, 1.54) is 18.5 Å². The molecule has 0 saturated heterocycles. The molecule has 0 aliphatic rings. The highest BCUT2D eigenvalue weighted by Gasteiger charge is 2.03. The summed E-state index contributed by atoms with van der Waals surface area (Å²) < 4.78 is 0. The first kappa shape index (κ1) is 6.84. The highest BCUT2D eigenvalue weighted by molar-refractivity contribution is 5.88. The number of aromatic nitrogens is 2. The summed E-state index contributed by atoms with van der Waals surface area (Å²) in [6.07, 6.45) is 2.93. The van der Waals surface area contributed by atoms with Crippen LogP contribution >= 0.6 is 0 Å². The van der Waals surface area contributed by atoms with Crippen LogP contribution in [0.5, 0.6) is 11.5 Å². The largest absolute Gasteiger partial charge is 0.504 e. The van der Waals surface area contributed by atoms with Gasteiger partial charge >= 0.3 is 0 Å². The fraction of sp³-hybridized carbons (Fsp3) is 0. The van der Waals surface area contributed by atoms with Gasteiger partial charge < -0.3 is 10.2 Å². The van der Waals surface area contributed by atoms with E-state index < -0.39 is 0 Å². The third-order valence-corrected chi connectivity index (χ3v) is 1.68. The number of benzene rings is 1. The fourth-order valence-corrected chi connectivity index (χ4v) is 1.05. The van der Waals surface area contributed by atoms with Crippen LogP contribution in [0.1, 0.15) is 0 Å². The lowest BCUT2D eigenvalue weighted by molar-refractivity contribution is 0.408. The third kappa shape index (κ3) is 0.852. The molecule has 0 atom stereocenters. The van der Waals surface area contributed by atoms with Gasteiger partial charge in [-0.1, -0.05) is 0 Å². The molecule has 1 heterocycles. The summed E-state index contributed by atoms with van der Waals surface area (Å²) in [4.78, 5) is 0. The molecule has 0 bridgehead atoms. The van der Waals surface area contributed by atoms with Crippen LogP contribution in [0.3, 0.4) is 0 Å². The molecule has 0 aliphatic carbocycles. The number of hydrogen-bond acceptors (Lipinski definition) is 4. The molecular weight excluding hydrogens is 156 g/mol. The van der Waals surface area contributed by atoms with Gasteiger partial charge in [0.1, 0.15) is 0 Å². The van der Waals surface area contributed by atoms with Crippen LogP contribution in [0.2, 0.25) is 0 Å². The summed E-state index contributed by atoms with van der Waals surface area (Å²) >= 11 is 0. The topological polar surface area (TPSA) is 66.2 Å². The summed E-state index contributed by atoms with van der Waals surface area (Å²) in [6, 6.07) is 3.08. The van der Waals surface area contributed by atoms with E-state index in [1.54, 1.807) is 6.07 Å². The van der Waals surface area contributed by atoms with Crippen molar-refractivity contribution in [1.29, 1.82) is 0 Å². The molecule has 1 aromatic carbocycles. The van der Waals surface area contributed by atoms with E-state index in [2.05, 4.69) is 10.2 Å². The minimum absolute atomic E-state index is 0.143. The number of hydrogen-bond donors (Lipinski definition) is 2. The number of phenolic OH excluding ortho intramolecular Hbond substituents is 2. The Morgan fingerprint density at radius 1 is 1.00 bits per heavy atom. The normalized spacial score (nSPS) is 10.3. The van der Waals surface area contributed by atoms with Gasteiger partial charge in [-0.2, -0.15) is 10.2 Å². The van der Waals surface area contributed by atoms with E-state index in [9.17, 15) is 5.11 Å². The Morgan fingerprint density at radius 3 is 2.58 bits per heavy atom. The van der Waals surface area contributed by atoms with E-state index in [1.807, 2.05) is 0 Å². The van der Waals surface area contributed by atoms with Gasteiger partial charge in [-0.05, 0) is 12.1 Å². The maximum Gasteiger partial charge on any atom is 0.167 e. The highest BCUT2D eigenvalue weighted by Crippen LogP contribution is 2.31. The summed E-state index contributed by atoms with van der Waals surface area (Å²) in [5.74, 6) is -0.294. The van der Waals surface area contributed by atoms with Crippen LogP contribution in [-0.2, 0) is 0 Å². The molecule has 0 spiro atoms. The van der Waals surface area contributed by atoms with Gasteiger partial charge in [0.2, 0.25) is 0 Å². The number of rotatable bonds is 0. The number of phenols is 2. The van der Waals surface area contributed by atoms with Gasteiger partial charge in [-0.15, -0.1) is 0 Å². The molecule has 2 rings (SSSR count). The molecule has 4 heteroatoms. The van der Waals surface area contributed by atoms with Gasteiger partial charge in [-0.3, -0.25) is 0 Å². The van der Waals surface area contributed by atoms with Crippen molar-refractivity contribution >= 4 is 10.8 Å². The zero-order valence-corrected chi connectivity index (χ0v) is 6.10. The van der Waals surface area contributed by atoms with Gasteiger partial charge in [0, 0.05) is 10.8 Å². The molecule has 4 nitrogen and oxygen atoms in total. The number of fused-ring (bicyclic) bond motifs is 1. The maximum atomic E-state index is 9.34. The predicted molar refractivity (Wildman–Crippen MR) is 42.9 cm³/mol. The van der Waals surface area contributed by atoms with Crippen LogP contribution in [0.15, 0.2) is 24.5 Å². The average Bonchev–Trinajstić information content (AvgIpc) is 2.12. The summed E-state index contributed by atoms with van der Waals surface area (Å²) in [6.45, 7) is 0. The van der Waals surface area contributed by atoms with Crippen LogP contribution in [0.25, 0.3) is 10.8 Å². The lowest BCUT2D eigenvalue weighted by atomic mass is 10.2. The standard InChI is InChI=1S/C8H6N2O2/c11-7-2-1-5-3-9-10-4-6(5)8(7)12/h1-4,11-12H. The molecule has 1 aromatic heterocycles. The Labute approximate surface area is 68.1 Å². The van der Waals surface area contributed by atoms with Crippen molar-refractivity contribution in [3.63, 3.8) is 0 Å². The molecule has 0 saturated carbocycles. The quantitative estimate of drug-likeness (QED) is 0.568. The molecule has 0 aliphatic heterocycles. The second-order valence-corrected chi connectivity index (χ2v) is 2.43. The van der Waals surface area contributed by atoms with Crippen LogP contribution in [0, 0.1) is 0 Å². The minimum Gasteiger partial charge on any atom is -0.504 e. The average molecular weight is 162 g/mol. The molecule has 0 amide bonds. The van der Waals surface area contributed by atoms with Crippen LogP contribution in [0.4, 0.5) is 0 Å². The SMILES string of the molecule is Oc1ccc2cnncc2c1O. The van der Waals surface area contributed by atoms with Crippen molar-refractivity contribution in [3.05, 3.63) is 24.5 Å². The van der Waals surface area contributed by atoms with Crippen molar-refractivity contribution in [2.75, 3.05) is 0 Å². The molecule has 0 unspecified atom stereocenters. The van der Waals surface area contributed by atoms with E-state index >= 15 is 0 Å². The Morgan fingerprint density at radius 2 is 1.75 bits per heavy atom. The van der Waals surface area contributed by atoms with Gasteiger partial charge in [0.25, 0.3) is 0 Å². The molecule has 2 N–H and O–H groups in total. The lowest BCUT2D eigenvalue weighted by Gasteiger charge is -2.00. The van der Waals surface area contributed by atoms with Crippen LogP contribution in [-0.4, -0.2) is 20.4 Å². The summed E-state index contributed by atoms with van der Waals surface area (Å²) in [5, 5.41) is 26.9. The van der Waals surface area contributed by atoms with Gasteiger partial charge in [0.15, 0.2) is 11.5 Å². The second kappa shape index (κ2) is 2.34. The van der Waals surface area contributed by atoms with E-state index in [0.29, 0.717) is 5.39 Å². The first-order valence-electron chi connectivity index (χ1n) is 3.40. The Balaban J connectivity index is 2.91. The van der Waals surface area contributed by atoms with Crippen molar-refractivity contribution in [2.24, 2.45) is 0 Å². The first-order valence-corrected chi connectivity index (χ1v) is 3.40. The lowest BCUT2D eigenvalue weighted by Crippen LogP contribution is -1.80. The van der Waals surface area contributed by atoms with Gasteiger partial charge in [-0.25, -0.2) is 0 Å².